The van der Waals surface area contributed by atoms with Gasteiger partial charge in [0.15, 0.2) is 0 Å². The predicted molar refractivity (Wildman–Crippen MR) is 349 cm³/mol. The van der Waals surface area contributed by atoms with Crippen LogP contribution in [-0.4, -0.2) is 11.4 Å². The van der Waals surface area contributed by atoms with Crippen LogP contribution in [0.15, 0.2) is 82.8 Å². The van der Waals surface area contributed by atoms with E-state index in [4.69, 9.17) is 9.98 Å². The van der Waals surface area contributed by atoms with Gasteiger partial charge >= 0.3 is 0 Å². The second kappa shape index (κ2) is 59.0. The van der Waals surface area contributed by atoms with Crippen LogP contribution in [0.3, 0.4) is 0 Å². The van der Waals surface area contributed by atoms with Crippen LogP contribution in [0.25, 0.3) is 0 Å². The van der Waals surface area contributed by atoms with Crippen LogP contribution in [0.2, 0.25) is 0 Å². The van der Waals surface area contributed by atoms with E-state index in [-0.39, 0.29) is 16.5 Å². The molecule has 0 saturated carbocycles. The maximum absolute atomic E-state index is 5.18. The number of benzene rings is 2. The molecule has 78 heavy (non-hydrogen) atoms. The Morgan fingerprint density at radius 1 is 0.333 bits per heavy atom. The number of unbranched alkanes of at least 4 members (excludes halogenated alkanes) is 44. The van der Waals surface area contributed by atoms with Gasteiger partial charge in [0.2, 0.25) is 0 Å². The predicted octanol–water partition coefficient (Wildman–Crippen LogP) is 25.9. The monoisotopic (exact) mass is 1110 g/mol. The van der Waals surface area contributed by atoms with Gasteiger partial charge in [0, 0.05) is 22.9 Å². The van der Waals surface area contributed by atoms with Crippen LogP contribution in [0.5, 0.6) is 0 Å². The fourth-order valence-electron chi connectivity index (χ4n) is 11.1. The molecule has 0 aliphatic heterocycles. The van der Waals surface area contributed by atoms with Gasteiger partial charge < -0.3 is 0 Å². The maximum atomic E-state index is 5.18. The Morgan fingerprint density at radius 2 is 0.590 bits per heavy atom. The van der Waals surface area contributed by atoms with Crippen LogP contribution >= 0.6 is 0 Å². The fraction of sp³-hybridized carbons (Fsp3) is 0.733. The quantitative estimate of drug-likeness (QED) is 0.0207. The summed E-state index contributed by atoms with van der Waals surface area (Å²) in [5, 5.41) is 0. The fourth-order valence-corrected chi connectivity index (χ4v) is 11.1. The third kappa shape index (κ3) is 46.0. The van der Waals surface area contributed by atoms with E-state index in [9.17, 15) is 0 Å². The van der Waals surface area contributed by atoms with Crippen molar-refractivity contribution in [3.8, 4) is 11.8 Å². The maximum Gasteiger partial charge on any atom is 0.135 e. The number of allylic oxidation sites excluding steroid dienone is 4. The summed E-state index contributed by atoms with van der Waals surface area (Å²) in [6, 6.07) is 17.3. The van der Waals surface area contributed by atoms with Crippen molar-refractivity contribution in [2.45, 2.75) is 355 Å². The van der Waals surface area contributed by atoms with Crippen molar-refractivity contribution in [3.05, 3.63) is 84.0 Å². The molecule has 0 spiro atoms. The molecular weight excluding hydrogens is 988 g/mol. The molecule has 0 atom stereocenters. The van der Waals surface area contributed by atoms with Crippen LogP contribution in [0.1, 0.15) is 353 Å². The van der Waals surface area contributed by atoms with Crippen molar-refractivity contribution in [2.24, 2.45) is 9.98 Å². The summed E-state index contributed by atoms with van der Waals surface area (Å²) >= 11 is 0. The third-order valence-electron chi connectivity index (χ3n) is 16.2. The summed E-state index contributed by atoms with van der Waals surface area (Å²) in [5.74, 6) is 6.68. The topological polar surface area (TPSA) is 24.7 Å². The normalized spacial score (nSPS) is 12.0. The summed E-state index contributed by atoms with van der Waals surface area (Å²) in [5.41, 5.74) is 6.27. The van der Waals surface area contributed by atoms with E-state index < -0.39 is 0 Å². The number of hydrogen-bond acceptors (Lipinski definition) is 2. The van der Waals surface area contributed by atoms with Crippen LogP contribution in [0.4, 0.5) is 11.4 Å². The molecule has 2 aromatic rings. The van der Waals surface area contributed by atoms with Gasteiger partial charge in [0.05, 0.1) is 17.1 Å². The molecule has 0 heterocycles. The minimum absolute atomic E-state index is 0. The van der Waals surface area contributed by atoms with Gasteiger partial charge in [-0.1, -0.05) is 357 Å². The Balaban J connectivity index is 0.0000304. The van der Waals surface area contributed by atoms with E-state index in [1.54, 1.807) is 0 Å². The largest absolute Gasteiger partial charge is 0.251 e. The number of hydrogen-bond donors (Lipinski definition) is 0. The Morgan fingerprint density at radius 3 is 0.885 bits per heavy atom. The van der Waals surface area contributed by atoms with Crippen molar-refractivity contribution in [2.75, 3.05) is 0 Å². The van der Waals surface area contributed by atoms with Crippen molar-refractivity contribution in [1.29, 1.82) is 0 Å². The van der Waals surface area contributed by atoms with Gasteiger partial charge in [-0.15, -0.1) is 0 Å². The van der Waals surface area contributed by atoms with Crippen molar-refractivity contribution in [3.63, 3.8) is 0 Å². The second-order valence-corrected chi connectivity index (χ2v) is 23.5. The molecule has 2 rings (SSSR count). The summed E-state index contributed by atoms with van der Waals surface area (Å²) in [4.78, 5) is 10.3. The molecule has 0 amide bonds. The first-order valence-electron chi connectivity index (χ1n) is 34.3. The number of rotatable bonds is 55. The first-order chi connectivity index (χ1) is 38.2. The smallest absolute Gasteiger partial charge is 0.135 e. The average Bonchev–Trinajstić information content (AvgIpc) is 3.44. The Kier molecular flexibility index (Phi) is 55.4. The second-order valence-electron chi connectivity index (χ2n) is 23.5. The van der Waals surface area contributed by atoms with Gasteiger partial charge in [0.25, 0.3) is 0 Å². The number of nitrogens with zero attached hydrogens (tertiary/aromatic N) is 2. The van der Waals surface area contributed by atoms with Crippen molar-refractivity contribution < 1.29 is 16.5 Å². The van der Waals surface area contributed by atoms with Crippen molar-refractivity contribution >= 4 is 22.8 Å². The summed E-state index contributed by atoms with van der Waals surface area (Å²) in [6.45, 7) is 8.80. The van der Waals surface area contributed by atoms with E-state index >= 15 is 0 Å². The standard InChI is InChI=1S/C75H126N2.Ni/c1-5-8-11-13-15-17-19-21-23-25-27-29-31-33-35-37-39-41-43-45-47-49-51-53-55-57-63-71-65-59-61-68-74(71)76-70(4)73(67-10-7-3)77-75-69-62-60-66-72(75)64-58-56-54-52-50-48-46-44-42-40-38-36-34-32-30-28-26-24-22-20-18-16-14-12-9-6-2;/h53-56,59-62,65-66,68-69H,5-9,11-52,57-58,63-64H2,1-4H3;/b55-53+,56-54+,76-70-,77-73+;. The third-order valence-corrected chi connectivity index (χ3v) is 16.2. The van der Waals surface area contributed by atoms with Gasteiger partial charge in [-0.2, -0.15) is 0 Å². The molecule has 0 radical (unpaired) electrons. The molecule has 0 aliphatic rings. The molecule has 0 N–H and O–H groups in total. The van der Waals surface area contributed by atoms with Gasteiger partial charge in [-0.3, -0.25) is 4.99 Å². The van der Waals surface area contributed by atoms with E-state index in [0.29, 0.717) is 0 Å². The zero-order valence-corrected chi connectivity index (χ0v) is 53.2. The summed E-state index contributed by atoms with van der Waals surface area (Å²) in [6.07, 6.45) is 80.2. The molecule has 0 bridgehead atoms. The SMILES string of the molecule is CCC#CC(=N\c1ccccc1CC/C=C/CCCCCCCCCCCCCCCCCCCCCCCC)/C(C)=N\c1ccccc1CC/C=C/CCCCCCCCCCCCCCCCCCCCCCCC.[Ni]. The zero-order valence-electron chi connectivity index (χ0n) is 52.2. The van der Waals surface area contributed by atoms with E-state index in [1.165, 1.54) is 306 Å². The molecule has 0 unspecified atom stereocenters. The minimum atomic E-state index is 0. The van der Waals surface area contributed by atoms with Crippen molar-refractivity contribution in [1.82, 2.24) is 0 Å². The van der Waals surface area contributed by atoms with E-state index in [1.807, 2.05) is 0 Å². The minimum Gasteiger partial charge on any atom is -0.251 e. The Labute approximate surface area is 497 Å². The van der Waals surface area contributed by atoms with Crippen LogP contribution < -0.4 is 0 Å². The van der Waals surface area contributed by atoms with Gasteiger partial charge in [-0.25, -0.2) is 4.99 Å². The molecule has 2 aromatic carbocycles. The molecule has 3 heteroatoms. The van der Waals surface area contributed by atoms with Crippen LogP contribution in [0, 0.1) is 11.8 Å². The summed E-state index contributed by atoms with van der Waals surface area (Å²) < 4.78 is 0. The molecular formula is C75H126N2Ni. The molecule has 0 saturated heterocycles. The zero-order chi connectivity index (χ0) is 54.8. The number of aryl methyl sites for hydroxylation is 2. The summed E-state index contributed by atoms with van der Waals surface area (Å²) in [7, 11) is 0. The number of aliphatic imine (C=N–C) groups is 2. The Hall–Kier alpha value is -2.69. The van der Waals surface area contributed by atoms with Gasteiger partial charge in [-0.05, 0) is 87.5 Å². The first-order valence-corrected chi connectivity index (χ1v) is 34.3. The molecule has 0 fully saturated rings. The van der Waals surface area contributed by atoms with E-state index in [0.717, 1.165) is 54.9 Å². The molecule has 446 valence electrons. The Bertz CT molecular complexity index is 1770. The molecule has 2 nitrogen and oxygen atoms in total. The van der Waals surface area contributed by atoms with E-state index in [2.05, 4.69) is 112 Å². The van der Waals surface area contributed by atoms with Crippen LogP contribution in [-0.2, 0) is 29.3 Å². The molecule has 0 aromatic heterocycles. The first kappa shape index (κ1) is 73.3. The van der Waals surface area contributed by atoms with Gasteiger partial charge in [0.1, 0.15) is 5.71 Å². The average molecular weight is 1110 g/mol. The molecule has 0 aliphatic carbocycles. The number of para-hydroxylation sites is 2.